The molecular weight excluding hydrogens is 515 g/mol. The van der Waals surface area contributed by atoms with Crippen molar-refractivity contribution in [2.45, 2.75) is 6.42 Å². The number of amides is 2. The standard InChI is InChI=1S/C23H28Cl2N4O5S/c1-34-23(31)28-15-13-27(14-16-28)12-10-26-22(30)18-5-7-19(8-6-18)29(35(32)33)11-9-17-3-2-4-20(24)21(17)25/h2-8H,9-16H2,1H3,(H,26,30)(H,32,33)/p-1. The van der Waals surface area contributed by atoms with E-state index in [4.69, 9.17) is 27.9 Å². The molecule has 2 aromatic rings. The molecule has 2 aromatic carbocycles. The lowest BCUT2D eigenvalue weighted by atomic mass is 10.1. The van der Waals surface area contributed by atoms with Crippen LogP contribution >= 0.6 is 23.2 Å². The summed E-state index contributed by atoms with van der Waals surface area (Å²) in [4.78, 5) is 27.9. The minimum Gasteiger partial charge on any atom is -0.755 e. The summed E-state index contributed by atoms with van der Waals surface area (Å²) >= 11 is 9.73. The number of hydrogen-bond donors (Lipinski definition) is 1. The lowest BCUT2D eigenvalue weighted by Crippen LogP contribution is -2.50. The Kier molecular flexibility index (Phi) is 10.2. The second-order valence-electron chi connectivity index (χ2n) is 7.88. The second-order valence-corrected chi connectivity index (χ2v) is 9.54. The van der Waals surface area contributed by atoms with E-state index < -0.39 is 11.3 Å². The van der Waals surface area contributed by atoms with Crippen molar-refractivity contribution in [1.82, 2.24) is 15.1 Å². The Balaban J connectivity index is 1.49. The van der Waals surface area contributed by atoms with Crippen molar-refractivity contribution >= 4 is 52.2 Å². The molecule has 0 saturated carbocycles. The van der Waals surface area contributed by atoms with Gasteiger partial charge in [-0.25, -0.2) is 4.79 Å². The molecule has 1 N–H and O–H groups in total. The SMILES string of the molecule is COC(=O)N1CCN(CCNC(=O)c2ccc(N(CCc3cccc(Cl)c3Cl)S(=O)[O-])cc2)CC1. The zero-order valence-electron chi connectivity index (χ0n) is 19.2. The first-order valence-electron chi connectivity index (χ1n) is 11.0. The highest BCUT2D eigenvalue weighted by Gasteiger charge is 2.21. The lowest BCUT2D eigenvalue weighted by Gasteiger charge is -2.33. The maximum atomic E-state index is 12.5. The maximum Gasteiger partial charge on any atom is 0.409 e. The van der Waals surface area contributed by atoms with E-state index in [0.29, 0.717) is 67.0 Å². The third kappa shape index (κ3) is 7.55. The van der Waals surface area contributed by atoms with E-state index in [9.17, 15) is 18.4 Å². The van der Waals surface area contributed by atoms with Gasteiger partial charge < -0.3 is 23.8 Å². The van der Waals surface area contributed by atoms with Gasteiger partial charge in [-0.3, -0.25) is 13.9 Å². The number of methoxy groups -OCH3 is 1. The Morgan fingerprint density at radius 2 is 1.80 bits per heavy atom. The summed E-state index contributed by atoms with van der Waals surface area (Å²) in [5.41, 5.74) is 1.62. The lowest BCUT2D eigenvalue weighted by molar-refractivity contribution is 0.0885. The summed E-state index contributed by atoms with van der Waals surface area (Å²) in [6, 6.07) is 11.6. The molecule has 1 unspecified atom stereocenters. The van der Waals surface area contributed by atoms with Crippen LogP contribution in [0.1, 0.15) is 15.9 Å². The van der Waals surface area contributed by atoms with E-state index in [2.05, 4.69) is 10.2 Å². The molecule has 0 aromatic heterocycles. The number of benzene rings is 2. The highest BCUT2D eigenvalue weighted by molar-refractivity contribution is 7.80. The van der Waals surface area contributed by atoms with Gasteiger partial charge in [-0.15, -0.1) is 0 Å². The fourth-order valence-corrected chi connectivity index (χ4v) is 4.69. The average Bonchev–Trinajstić information content (AvgIpc) is 2.86. The molecule has 1 aliphatic rings. The third-order valence-electron chi connectivity index (χ3n) is 5.73. The van der Waals surface area contributed by atoms with Crippen LogP contribution in [0, 0.1) is 0 Å². The van der Waals surface area contributed by atoms with Crippen molar-refractivity contribution in [2.75, 3.05) is 57.2 Å². The molecule has 190 valence electrons. The molecule has 0 aliphatic carbocycles. The van der Waals surface area contributed by atoms with E-state index in [-0.39, 0.29) is 18.5 Å². The Bertz CT molecular complexity index is 1050. The number of carbonyl (C=O) groups is 2. The monoisotopic (exact) mass is 541 g/mol. The smallest absolute Gasteiger partial charge is 0.409 e. The van der Waals surface area contributed by atoms with Crippen LogP contribution in [0.25, 0.3) is 0 Å². The van der Waals surface area contributed by atoms with Gasteiger partial charge in [-0.05, 0) is 42.3 Å². The van der Waals surface area contributed by atoms with E-state index >= 15 is 0 Å². The quantitative estimate of drug-likeness (QED) is 0.489. The van der Waals surface area contributed by atoms with E-state index in [0.717, 1.165) is 5.56 Å². The Morgan fingerprint density at radius 3 is 2.43 bits per heavy atom. The number of piperazine rings is 1. The molecule has 12 heteroatoms. The van der Waals surface area contributed by atoms with Gasteiger partial charge >= 0.3 is 6.09 Å². The summed E-state index contributed by atoms with van der Waals surface area (Å²) in [6.07, 6.45) is 0.0535. The molecule has 1 saturated heterocycles. The van der Waals surface area contributed by atoms with Crippen LogP contribution in [0.2, 0.25) is 10.0 Å². The summed E-state index contributed by atoms with van der Waals surface area (Å²) in [5, 5.41) is 3.69. The first-order valence-corrected chi connectivity index (χ1v) is 12.8. The highest BCUT2D eigenvalue weighted by Crippen LogP contribution is 2.26. The van der Waals surface area contributed by atoms with E-state index in [1.807, 2.05) is 0 Å². The number of nitrogens with zero attached hydrogens (tertiary/aromatic N) is 3. The Morgan fingerprint density at radius 1 is 1.11 bits per heavy atom. The molecule has 35 heavy (non-hydrogen) atoms. The van der Waals surface area contributed by atoms with Crippen LogP contribution in [0.4, 0.5) is 10.5 Å². The van der Waals surface area contributed by atoms with Crippen molar-refractivity contribution in [2.24, 2.45) is 0 Å². The largest absolute Gasteiger partial charge is 0.755 e. The van der Waals surface area contributed by atoms with Crippen LogP contribution < -0.4 is 9.62 Å². The molecule has 9 nitrogen and oxygen atoms in total. The van der Waals surface area contributed by atoms with Crippen LogP contribution in [-0.4, -0.2) is 83.5 Å². The highest BCUT2D eigenvalue weighted by atomic mass is 35.5. The number of carbonyl (C=O) groups excluding carboxylic acids is 2. The molecule has 0 bridgehead atoms. The van der Waals surface area contributed by atoms with Crippen molar-refractivity contribution in [3.05, 3.63) is 63.6 Å². The van der Waals surface area contributed by atoms with Crippen molar-refractivity contribution < 1.29 is 23.1 Å². The van der Waals surface area contributed by atoms with Crippen LogP contribution in [0.5, 0.6) is 0 Å². The first-order chi connectivity index (χ1) is 16.8. The van der Waals surface area contributed by atoms with Crippen molar-refractivity contribution in [3.63, 3.8) is 0 Å². The fraction of sp³-hybridized carbons (Fsp3) is 0.391. The van der Waals surface area contributed by atoms with Gasteiger partial charge in [0, 0.05) is 68.3 Å². The number of nitrogens with one attached hydrogen (secondary N) is 1. The van der Waals surface area contributed by atoms with Crippen LogP contribution in [-0.2, 0) is 22.4 Å². The fourth-order valence-electron chi connectivity index (χ4n) is 3.75. The predicted molar refractivity (Wildman–Crippen MR) is 136 cm³/mol. The molecule has 1 heterocycles. The van der Waals surface area contributed by atoms with Gasteiger partial charge in [0.05, 0.1) is 17.2 Å². The average molecular weight is 542 g/mol. The second kappa shape index (κ2) is 13.1. The minimum absolute atomic E-state index is 0.172. The third-order valence-corrected chi connectivity index (χ3v) is 7.34. The van der Waals surface area contributed by atoms with Gasteiger partial charge in [0.1, 0.15) is 0 Å². The number of rotatable bonds is 9. The van der Waals surface area contributed by atoms with E-state index in [1.165, 1.54) is 11.4 Å². The zero-order chi connectivity index (χ0) is 25.4. The minimum atomic E-state index is -2.50. The first kappa shape index (κ1) is 27.2. The zero-order valence-corrected chi connectivity index (χ0v) is 21.6. The topological polar surface area (TPSA) is 105 Å². The number of ether oxygens (including phenoxy) is 1. The summed E-state index contributed by atoms with van der Waals surface area (Å²) in [6.45, 7) is 3.88. The Hall–Kier alpha value is -2.37. The van der Waals surface area contributed by atoms with Crippen LogP contribution in [0.15, 0.2) is 42.5 Å². The Labute approximate surface area is 217 Å². The molecule has 3 rings (SSSR count). The molecule has 1 atom stereocenters. The molecule has 2 amide bonds. The summed E-state index contributed by atoms with van der Waals surface area (Å²) in [7, 11) is 1.37. The van der Waals surface area contributed by atoms with Crippen molar-refractivity contribution in [3.8, 4) is 0 Å². The van der Waals surface area contributed by atoms with Gasteiger partial charge in [0.15, 0.2) is 0 Å². The number of hydrogen-bond acceptors (Lipinski definition) is 6. The van der Waals surface area contributed by atoms with E-state index in [1.54, 1.807) is 47.4 Å². The molecule has 1 aliphatic heterocycles. The summed E-state index contributed by atoms with van der Waals surface area (Å²) < 4.78 is 29.6. The normalized spacial score (nSPS) is 14.9. The van der Waals surface area contributed by atoms with Crippen molar-refractivity contribution in [1.29, 1.82) is 0 Å². The van der Waals surface area contributed by atoms with Gasteiger partial charge in [0.25, 0.3) is 5.91 Å². The summed E-state index contributed by atoms with van der Waals surface area (Å²) in [5.74, 6) is -0.245. The van der Waals surface area contributed by atoms with Gasteiger partial charge in [-0.1, -0.05) is 35.3 Å². The van der Waals surface area contributed by atoms with Gasteiger partial charge in [-0.2, -0.15) is 0 Å². The molecule has 1 fully saturated rings. The number of halogens is 2. The maximum absolute atomic E-state index is 12.5. The molecule has 0 radical (unpaired) electrons. The van der Waals surface area contributed by atoms with Crippen LogP contribution in [0.3, 0.4) is 0 Å². The molecule has 0 spiro atoms. The predicted octanol–water partition coefficient (Wildman–Crippen LogP) is 2.95. The van der Waals surface area contributed by atoms with Gasteiger partial charge in [0.2, 0.25) is 0 Å². The number of anilines is 1. The molecular formula is C23H27Cl2N4O5S-.